The van der Waals surface area contributed by atoms with Crippen LogP contribution in [0.15, 0.2) is 46.4 Å². The van der Waals surface area contributed by atoms with Gasteiger partial charge < -0.3 is 18.7 Å². The Morgan fingerprint density at radius 1 is 1.12 bits per heavy atom. The minimum absolute atomic E-state index is 0.391. The van der Waals surface area contributed by atoms with Crippen LogP contribution in [0.3, 0.4) is 0 Å². The molecule has 0 spiro atoms. The third kappa shape index (κ3) is 4.65. The Hall–Kier alpha value is -2.69. The van der Waals surface area contributed by atoms with Crippen LogP contribution in [0.25, 0.3) is 0 Å². The first kappa shape index (κ1) is 17.7. The van der Waals surface area contributed by atoms with Crippen molar-refractivity contribution in [3.05, 3.63) is 59.1 Å². The lowest BCUT2D eigenvalue weighted by Gasteiger charge is -2.14. The molecule has 5 heteroatoms. The van der Waals surface area contributed by atoms with Crippen molar-refractivity contribution in [3.8, 4) is 11.5 Å². The molecule has 0 N–H and O–H groups in total. The second-order valence-electron chi connectivity index (χ2n) is 5.32. The van der Waals surface area contributed by atoms with Gasteiger partial charge >= 0.3 is 0 Å². The predicted octanol–water partition coefficient (Wildman–Crippen LogP) is 4.41. The molecule has 128 valence electrons. The Balaban J connectivity index is 2.07. The summed E-state index contributed by atoms with van der Waals surface area (Å²) in [5.74, 6) is 1.69. The number of rotatable bonds is 8. The number of hydrogen-bond donors (Lipinski definition) is 0. The summed E-state index contributed by atoms with van der Waals surface area (Å²) in [6, 6.07) is 3.96. The minimum atomic E-state index is 0.391. The molecule has 0 aliphatic carbocycles. The van der Waals surface area contributed by atoms with Crippen LogP contribution in [0, 0.1) is 13.8 Å². The molecule has 24 heavy (non-hydrogen) atoms. The highest BCUT2D eigenvalue weighted by Crippen LogP contribution is 2.29. The second-order valence-corrected chi connectivity index (χ2v) is 5.32. The van der Waals surface area contributed by atoms with E-state index in [1.165, 1.54) is 7.11 Å². The first-order valence-electron chi connectivity index (χ1n) is 7.75. The standard InChI is InChI=1S/C19H23NO4/c1-5-6-7-23-18-8-14(2)19(15(3)9-18)24-13-17-12-22-11-16(17)10-20-21-4/h5-6,8-12H,7,13H2,1-4H3/b6-5+,20-10?. The molecule has 1 heterocycles. The molecule has 0 radical (unpaired) electrons. The van der Waals surface area contributed by atoms with E-state index in [-0.39, 0.29) is 0 Å². The van der Waals surface area contributed by atoms with Crippen LogP contribution in [0.5, 0.6) is 11.5 Å². The molecule has 0 bridgehead atoms. The molecule has 2 aromatic rings. The number of ether oxygens (including phenoxy) is 2. The van der Waals surface area contributed by atoms with E-state index in [4.69, 9.17) is 18.7 Å². The molecule has 1 aromatic carbocycles. The fourth-order valence-electron chi connectivity index (χ4n) is 2.29. The average molecular weight is 329 g/mol. The van der Waals surface area contributed by atoms with E-state index in [2.05, 4.69) is 5.16 Å². The van der Waals surface area contributed by atoms with Gasteiger partial charge in [0.1, 0.15) is 31.8 Å². The molecule has 0 saturated heterocycles. The number of aryl methyl sites for hydroxylation is 2. The Bertz CT molecular complexity index is 693. The van der Waals surface area contributed by atoms with E-state index in [0.717, 1.165) is 33.8 Å². The first-order chi connectivity index (χ1) is 11.7. The molecule has 0 saturated carbocycles. The summed E-state index contributed by atoms with van der Waals surface area (Å²) in [6.07, 6.45) is 8.79. The normalized spacial score (nSPS) is 11.3. The molecule has 0 unspecified atom stereocenters. The van der Waals surface area contributed by atoms with Gasteiger partial charge in [-0.2, -0.15) is 0 Å². The SMILES string of the molecule is C/C=C/COc1cc(C)c(OCc2cocc2C=NOC)c(C)c1. The van der Waals surface area contributed by atoms with E-state index >= 15 is 0 Å². The van der Waals surface area contributed by atoms with Gasteiger partial charge in [0.25, 0.3) is 0 Å². The van der Waals surface area contributed by atoms with E-state index in [9.17, 15) is 0 Å². The third-order valence-electron chi connectivity index (χ3n) is 3.46. The van der Waals surface area contributed by atoms with Crippen LogP contribution >= 0.6 is 0 Å². The summed E-state index contributed by atoms with van der Waals surface area (Å²) in [6.45, 7) is 6.94. The molecular formula is C19H23NO4. The average Bonchev–Trinajstić information content (AvgIpc) is 3.00. The monoisotopic (exact) mass is 329 g/mol. The van der Waals surface area contributed by atoms with Crippen molar-refractivity contribution in [1.82, 2.24) is 0 Å². The van der Waals surface area contributed by atoms with Crippen molar-refractivity contribution >= 4 is 6.21 Å². The summed E-state index contributed by atoms with van der Waals surface area (Å²) < 4.78 is 16.9. The topological polar surface area (TPSA) is 53.2 Å². The third-order valence-corrected chi connectivity index (χ3v) is 3.46. The highest BCUT2D eigenvalue weighted by molar-refractivity contribution is 5.80. The van der Waals surface area contributed by atoms with Crippen molar-refractivity contribution in [2.45, 2.75) is 27.4 Å². The van der Waals surface area contributed by atoms with Crippen LogP contribution in [0.1, 0.15) is 29.2 Å². The zero-order valence-electron chi connectivity index (χ0n) is 14.5. The van der Waals surface area contributed by atoms with Gasteiger partial charge in [0.15, 0.2) is 0 Å². The molecular weight excluding hydrogens is 306 g/mol. The van der Waals surface area contributed by atoms with Crippen molar-refractivity contribution < 1.29 is 18.7 Å². The highest BCUT2D eigenvalue weighted by atomic mass is 16.6. The largest absolute Gasteiger partial charge is 0.490 e. The van der Waals surface area contributed by atoms with Crippen LogP contribution < -0.4 is 9.47 Å². The number of allylic oxidation sites excluding steroid dienone is 1. The summed E-state index contributed by atoms with van der Waals surface area (Å²) >= 11 is 0. The lowest BCUT2D eigenvalue weighted by atomic mass is 10.1. The quantitative estimate of drug-likeness (QED) is 0.409. The lowest BCUT2D eigenvalue weighted by Crippen LogP contribution is -2.01. The maximum Gasteiger partial charge on any atom is 0.125 e. The minimum Gasteiger partial charge on any atom is -0.490 e. The molecule has 0 atom stereocenters. The van der Waals surface area contributed by atoms with E-state index < -0.39 is 0 Å². The van der Waals surface area contributed by atoms with Gasteiger partial charge in [-0.15, -0.1) is 0 Å². The molecule has 0 amide bonds. The summed E-state index contributed by atoms with van der Waals surface area (Å²) in [4.78, 5) is 4.69. The predicted molar refractivity (Wildman–Crippen MR) is 93.9 cm³/mol. The Morgan fingerprint density at radius 2 is 1.88 bits per heavy atom. The van der Waals surface area contributed by atoms with Crippen molar-refractivity contribution in [2.75, 3.05) is 13.7 Å². The summed E-state index contributed by atoms with van der Waals surface area (Å²) in [5, 5.41) is 3.75. The van der Waals surface area contributed by atoms with Gasteiger partial charge in [-0.05, 0) is 44.0 Å². The highest BCUT2D eigenvalue weighted by Gasteiger charge is 2.10. The first-order valence-corrected chi connectivity index (χ1v) is 7.75. The van der Waals surface area contributed by atoms with Gasteiger partial charge in [-0.1, -0.05) is 17.3 Å². The molecule has 5 nitrogen and oxygen atoms in total. The van der Waals surface area contributed by atoms with Gasteiger partial charge in [0.05, 0.1) is 18.7 Å². The number of hydrogen-bond acceptors (Lipinski definition) is 5. The van der Waals surface area contributed by atoms with E-state index in [1.807, 2.05) is 45.1 Å². The fraction of sp³-hybridized carbons (Fsp3) is 0.316. The van der Waals surface area contributed by atoms with Crippen molar-refractivity contribution in [2.24, 2.45) is 5.16 Å². The van der Waals surface area contributed by atoms with Crippen LogP contribution in [0.4, 0.5) is 0 Å². The molecule has 1 aromatic heterocycles. The summed E-state index contributed by atoms with van der Waals surface area (Å²) in [7, 11) is 1.50. The molecule has 0 aliphatic rings. The van der Waals surface area contributed by atoms with Gasteiger partial charge in [0.2, 0.25) is 0 Å². The fourth-order valence-corrected chi connectivity index (χ4v) is 2.29. The second kappa shape index (κ2) is 8.82. The lowest BCUT2D eigenvalue weighted by molar-refractivity contribution is 0.215. The zero-order chi connectivity index (χ0) is 17.4. The Morgan fingerprint density at radius 3 is 2.54 bits per heavy atom. The number of furan rings is 1. The summed E-state index contributed by atoms with van der Waals surface area (Å²) in [5.41, 5.74) is 3.80. The van der Waals surface area contributed by atoms with Crippen LogP contribution in [-0.2, 0) is 11.4 Å². The molecule has 0 fully saturated rings. The number of benzene rings is 1. The van der Waals surface area contributed by atoms with E-state index in [1.54, 1.807) is 18.7 Å². The molecule has 2 rings (SSSR count). The van der Waals surface area contributed by atoms with Crippen molar-refractivity contribution in [1.29, 1.82) is 0 Å². The number of nitrogens with zero attached hydrogens (tertiary/aromatic N) is 1. The maximum absolute atomic E-state index is 5.98. The Labute approximate surface area is 142 Å². The van der Waals surface area contributed by atoms with Crippen LogP contribution in [0.2, 0.25) is 0 Å². The smallest absolute Gasteiger partial charge is 0.125 e. The van der Waals surface area contributed by atoms with Gasteiger partial charge in [-0.3, -0.25) is 0 Å². The zero-order valence-corrected chi connectivity index (χ0v) is 14.5. The van der Waals surface area contributed by atoms with Gasteiger partial charge in [-0.25, -0.2) is 0 Å². The molecule has 0 aliphatic heterocycles. The van der Waals surface area contributed by atoms with Crippen LogP contribution in [-0.4, -0.2) is 19.9 Å². The van der Waals surface area contributed by atoms with Crippen molar-refractivity contribution in [3.63, 3.8) is 0 Å². The Kier molecular flexibility index (Phi) is 6.49. The number of oxime groups is 1. The van der Waals surface area contributed by atoms with Gasteiger partial charge in [0, 0.05) is 11.1 Å². The maximum atomic E-state index is 5.98. The van der Waals surface area contributed by atoms with E-state index in [0.29, 0.717) is 13.2 Å².